The van der Waals surface area contributed by atoms with E-state index in [9.17, 15) is 25.0 Å². The third kappa shape index (κ3) is 5.31. The fourth-order valence-electron chi connectivity index (χ4n) is 4.35. The highest BCUT2D eigenvalue weighted by molar-refractivity contribution is 5.91. The number of hydrogen-bond donors (Lipinski definition) is 0. The van der Waals surface area contributed by atoms with E-state index in [2.05, 4.69) is 0 Å². The molecule has 2 aliphatic rings. The van der Waals surface area contributed by atoms with Gasteiger partial charge in [0.1, 0.15) is 28.5 Å². The van der Waals surface area contributed by atoms with Crippen molar-refractivity contribution in [1.82, 2.24) is 0 Å². The van der Waals surface area contributed by atoms with Crippen LogP contribution in [0, 0.1) is 20.2 Å². The highest BCUT2D eigenvalue weighted by atomic mass is 16.6. The molecule has 200 valence electrons. The number of fused-ring (bicyclic) bond motifs is 2. The third-order valence-electron chi connectivity index (χ3n) is 6.13. The normalized spacial score (nSPS) is 15.9. The first kappa shape index (κ1) is 26.6. The highest BCUT2D eigenvalue weighted by Gasteiger charge is 2.34. The topological polar surface area (TPSA) is 140 Å². The third-order valence-corrected chi connectivity index (χ3v) is 6.13. The first-order chi connectivity index (χ1) is 17.8. The van der Waals surface area contributed by atoms with Gasteiger partial charge in [0.15, 0.2) is 0 Å². The van der Waals surface area contributed by atoms with Gasteiger partial charge in [-0.2, -0.15) is 0 Å². The quantitative estimate of drug-likeness (QED) is 0.185. The van der Waals surface area contributed by atoms with Crippen molar-refractivity contribution in [2.45, 2.75) is 51.7 Å². The first-order valence-corrected chi connectivity index (χ1v) is 12.0. The van der Waals surface area contributed by atoms with Crippen LogP contribution in [0.15, 0.2) is 30.4 Å². The molecule has 0 aliphatic carbocycles. The van der Waals surface area contributed by atoms with Crippen molar-refractivity contribution in [2.75, 3.05) is 13.7 Å². The summed E-state index contributed by atoms with van der Waals surface area (Å²) in [7, 11) is 1.59. The molecule has 0 amide bonds. The number of rotatable bonds is 8. The minimum atomic E-state index is -0.892. The summed E-state index contributed by atoms with van der Waals surface area (Å²) in [5.74, 6) is 0.992. The molecule has 4 rings (SSSR count). The van der Waals surface area contributed by atoms with Gasteiger partial charge in [0.25, 0.3) is 11.4 Å². The van der Waals surface area contributed by atoms with Crippen molar-refractivity contribution in [2.24, 2.45) is 0 Å². The van der Waals surface area contributed by atoms with Gasteiger partial charge in [-0.25, -0.2) is 4.79 Å². The van der Waals surface area contributed by atoms with E-state index in [4.69, 9.17) is 18.9 Å². The van der Waals surface area contributed by atoms with Gasteiger partial charge in [0.2, 0.25) is 0 Å². The largest absolute Gasteiger partial charge is 0.495 e. The van der Waals surface area contributed by atoms with Crippen molar-refractivity contribution in [1.29, 1.82) is 0 Å². The second-order valence-electron chi connectivity index (χ2n) is 10.1. The Morgan fingerprint density at radius 2 is 1.39 bits per heavy atom. The van der Waals surface area contributed by atoms with Gasteiger partial charge in [-0.15, -0.1) is 0 Å². The zero-order valence-electron chi connectivity index (χ0n) is 21.7. The summed E-state index contributed by atoms with van der Waals surface area (Å²) >= 11 is 0. The molecule has 2 aromatic carbocycles. The van der Waals surface area contributed by atoms with Crippen LogP contribution in [-0.4, -0.2) is 40.7 Å². The molecule has 11 heteroatoms. The average molecular weight is 525 g/mol. The lowest BCUT2D eigenvalue weighted by Gasteiger charge is -2.35. The molecule has 11 nitrogen and oxygen atoms in total. The maximum absolute atomic E-state index is 12.6. The number of nitro benzene ring substituents is 2. The van der Waals surface area contributed by atoms with Crippen molar-refractivity contribution in [3.63, 3.8) is 0 Å². The number of hydrogen-bond acceptors (Lipinski definition) is 9. The standard InChI is InChI=1S/C27H28N2O9/c1-26(2)10-8-20-22(35-5)21-9-11-27(3,4)38-24(21)19(23(20)37-26)7-6-12-36-25(30)16-13-17(28(31)32)15-18(14-16)29(33)34/h8-11,13-15H,6-7,12H2,1-5H3. The second kappa shape index (κ2) is 9.81. The van der Waals surface area contributed by atoms with E-state index in [1.807, 2.05) is 52.0 Å². The zero-order chi connectivity index (χ0) is 27.8. The molecule has 0 aromatic heterocycles. The van der Waals surface area contributed by atoms with E-state index < -0.39 is 38.4 Å². The van der Waals surface area contributed by atoms with Crippen LogP contribution < -0.4 is 14.2 Å². The number of esters is 1. The molecule has 38 heavy (non-hydrogen) atoms. The summed E-state index contributed by atoms with van der Waals surface area (Å²) in [6, 6.07) is 2.70. The summed E-state index contributed by atoms with van der Waals surface area (Å²) in [4.78, 5) is 33.2. The Morgan fingerprint density at radius 3 is 1.84 bits per heavy atom. The van der Waals surface area contributed by atoms with Gasteiger partial charge in [0.05, 0.1) is 46.3 Å². The Labute approximate surface area is 218 Å². The van der Waals surface area contributed by atoms with Crippen molar-refractivity contribution in [3.8, 4) is 17.2 Å². The van der Waals surface area contributed by atoms with Gasteiger partial charge in [-0.05, 0) is 64.8 Å². The summed E-state index contributed by atoms with van der Waals surface area (Å²) in [5.41, 5.74) is -0.160. The fourth-order valence-corrected chi connectivity index (χ4v) is 4.35. The number of nitrogens with zero attached hydrogens (tertiary/aromatic N) is 2. The summed E-state index contributed by atoms with van der Waals surface area (Å²) in [6.45, 7) is 7.71. The molecule has 0 spiro atoms. The molecular formula is C27H28N2O9. The molecule has 2 aromatic rings. The molecule has 0 atom stereocenters. The lowest BCUT2D eigenvalue weighted by atomic mass is 9.90. The van der Waals surface area contributed by atoms with Crippen LogP contribution in [0.4, 0.5) is 11.4 Å². The van der Waals surface area contributed by atoms with E-state index in [-0.39, 0.29) is 12.2 Å². The Hall–Kier alpha value is -4.41. The van der Waals surface area contributed by atoms with Gasteiger partial charge < -0.3 is 18.9 Å². The van der Waals surface area contributed by atoms with Gasteiger partial charge in [-0.1, -0.05) is 0 Å². The fraction of sp³-hybridized carbons (Fsp3) is 0.370. The highest BCUT2D eigenvalue weighted by Crippen LogP contribution is 2.51. The molecule has 2 aliphatic heterocycles. The van der Waals surface area contributed by atoms with Crippen LogP contribution in [0.25, 0.3) is 12.2 Å². The van der Waals surface area contributed by atoms with Crippen LogP contribution in [0.5, 0.6) is 17.2 Å². The molecule has 0 saturated carbocycles. The van der Waals surface area contributed by atoms with Crippen molar-refractivity contribution < 1.29 is 33.6 Å². The van der Waals surface area contributed by atoms with E-state index in [1.54, 1.807) is 7.11 Å². The molecule has 2 heterocycles. The molecule has 0 fully saturated rings. The van der Waals surface area contributed by atoms with E-state index in [0.29, 0.717) is 30.1 Å². The number of carbonyl (C=O) groups excluding carboxylic acids is 1. The Kier molecular flexibility index (Phi) is 6.88. The summed E-state index contributed by atoms with van der Waals surface area (Å²) in [5, 5.41) is 22.3. The lowest BCUT2D eigenvalue weighted by molar-refractivity contribution is -0.394. The number of ether oxygens (including phenoxy) is 4. The lowest BCUT2D eigenvalue weighted by Crippen LogP contribution is -2.31. The van der Waals surface area contributed by atoms with Gasteiger partial charge in [0, 0.05) is 17.7 Å². The van der Waals surface area contributed by atoms with Crippen molar-refractivity contribution in [3.05, 3.63) is 72.8 Å². The van der Waals surface area contributed by atoms with E-state index >= 15 is 0 Å². The number of non-ortho nitro benzene ring substituents is 2. The molecule has 0 radical (unpaired) electrons. The Balaban J connectivity index is 1.59. The predicted molar refractivity (Wildman–Crippen MR) is 139 cm³/mol. The van der Waals surface area contributed by atoms with Crippen LogP contribution in [0.3, 0.4) is 0 Å². The maximum Gasteiger partial charge on any atom is 0.338 e. The zero-order valence-corrected chi connectivity index (χ0v) is 21.7. The number of methoxy groups -OCH3 is 1. The van der Waals surface area contributed by atoms with Crippen LogP contribution in [0.2, 0.25) is 0 Å². The molecule has 0 unspecified atom stereocenters. The van der Waals surface area contributed by atoms with Crippen LogP contribution >= 0.6 is 0 Å². The smallest absolute Gasteiger partial charge is 0.338 e. The average Bonchev–Trinajstić information content (AvgIpc) is 2.84. The molecule has 0 saturated heterocycles. The SMILES string of the molecule is COc1c2c(c(CCCOC(=O)c3cc([N+](=O)[O-])cc([N+](=O)[O-])c3)c3c1C=CC(C)(C)O3)OC(C)(C)C=C2. The first-order valence-electron chi connectivity index (χ1n) is 12.0. The molecule has 0 N–H and O–H groups in total. The Bertz CT molecular complexity index is 1300. The monoisotopic (exact) mass is 524 g/mol. The van der Waals surface area contributed by atoms with Gasteiger partial charge >= 0.3 is 5.97 Å². The minimum absolute atomic E-state index is 0.0383. The van der Waals surface area contributed by atoms with E-state index in [1.165, 1.54) is 0 Å². The van der Waals surface area contributed by atoms with Crippen LogP contribution in [0.1, 0.15) is 61.2 Å². The number of carbonyl (C=O) groups is 1. The van der Waals surface area contributed by atoms with E-state index in [0.717, 1.165) is 34.9 Å². The van der Waals surface area contributed by atoms with Gasteiger partial charge in [-0.3, -0.25) is 20.2 Å². The summed E-state index contributed by atoms with van der Waals surface area (Å²) < 4.78 is 23.7. The molecule has 0 bridgehead atoms. The number of benzene rings is 2. The molecular weight excluding hydrogens is 496 g/mol. The number of nitro groups is 2. The predicted octanol–water partition coefficient (Wildman–Crippen LogP) is 5.67. The summed E-state index contributed by atoms with van der Waals surface area (Å²) in [6.07, 6.45) is 8.62. The minimum Gasteiger partial charge on any atom is -0.495 e. The maximum atomic E-state index is 12.6. The van der Waals surface area contributed by atoms with Crippen molar-refractivity contribution >= 4 is 29.5 Å². The second-order valence-corrected chi connectivity index (χ2v) is 10.1. The Morgan fingerprint density at radius 1 is 0.895 bits per heavy atom. The van der Waals surface area contributed by atoms with Crippen LogP contribution in [-0.2, 0) is 11.2 Å².